The summed E-state index contributed by atoms with van der Waals surface area (Å²) in [5, 5.41) is 1.32. The van der Waals surface area contributed by atoms with Gasteiger partial charge in [0.25, 0.3) is 0 Å². The van der Waals surface area contributed by atoms with E-state index in [1.54, 1.807) is 12.1 Å². The van der Waals surface area contributed by atoms with Crippen molar-refractivity contribution in [3.05, 3.63) is 67.2 Å². The van der Waals surface area contributed by atoms with Crippen molar-refractivity contribution in [3.8, 4) is 0 Å². The lowest BCUT2D eigenvalue weighted by Crippen LogP contribution is -2.13. The van der Waals surface area contributed by atoms with Crippen molar-refractivity contribution in [2.75, 3.05) is 0 Å². The summed E-state index contributed by atoms with van der Waals surface area (Å²) >= 11 is 14.4. The molecule has 0 radical (unpaired) electrons. The van der Waals surface area contributed by atoms with Crippen LogP contribution in [-0.2, 0) is 6.42 Å². The molecule has 0 fully saturated rings. The zero-order valence-electron chi connectivity index (χ0n) is 9.54. The van der Waals surface area contributed by atoms with E-state index in [1.165, 1.54) is 9.13 Å². The monoisotopic (exact) mass is 391 g/mol. The summed E-state index contributed by atoms with van der Waals surface area (Å²) in [5.41, 5.74) is 8.27. The zero-order chi connectivity index (χ0) is 13.1. The molecule has 0 saturated carbocycles. The average molecular weight is 392 g/mol. The maximum atomic E-state index is 6.19. The normalized spacial score (nSPS) is 12.4. The number of halogens is 3. The van der Waals surface area contributed by atoms with Crippen LogP contribution in [-0.4, -0.2) is 0 Å². The minimum atomic E-state index is -0.142. The van der Waals surface area contributed by atoms with Crippen molar-refractivity contribution in [3.63, 3.8) is 0 Å². The Balaban J connectivity index is 2.18. The molecule has 18 heavy (non-hydrogen) atoms. The van der Waals surface area contributed by atoms with Gasteiger partial charge in [0, 0.05) is 19.7 Å². The fourth-order valence-corrected chi connectivity index (χ4v) is 2.58. The largest absolute Gasteiger partial charge is 0.324 e. The highest BCUT2D eigenvalue weighted by Gasteiger charge is 2.11. The summed E-state index contributed by atoms with van der Waals surface area (Å²) < 4.78 is 1.21. The molecule has 0 bridgehead atoms. The smallest absolute Gasteiger partial charge is 0.0454 e. The molecule has 2 aromatic carbocycles. The Bertz CT molecular complexity index is 540. The van der Waals surface area contributed by atoms with Crippen LogP contribution in [0, 0.1) is 3.57 Å². The molecule has 2 aromatic rings. The Labute approximate surface area is 130 Å². The molecule has 0 saturated heterocycles. The number of hydrogen-bond donors (Lipinski definition) is 1. The summed E-state index contributed by atoms with van der Waals surface area (Å²) in [6, 6.07) is 13.6. The van der Waals surface area contributed by atoms with Gasteiger partial charge in [0.2, 0.25) is 0 Å². The van der Waals surface area contributed by atoms with Gasteiger partial charge in [-0.3, -0.25) is 0 Å². The first-order chi connectivity index (χ1) is 8.56. The SMILES string of the molecule is NC(Cc1ccc(I)cc1)c1cc(Cl)ccc1Cl. The van der Waals surface area contributed by atoms with E-state index < -0.39 is 0 Å². The highest BCUT2D eigenvalue weighted by molar-refractivity contribution is 14.1. The van der Waals surface area contributed by atoms with Crippen LogP contribution in [0.1, 0.15) is 17.2 Å². The van der Waals surface area contributed by atoms with Gasteiger partial charge >= 0.3 is 0 Å². The van der Waals surface area contributed by atoms with Crippen LogP contribution in [0.15, 0.2) is 42.5 Å². The summed E-state index contributed by atoms with van der Waals surface area (Å²) in [4.78, 5) is 0. The average Bonchev–Trinajstić information content (AvgIpc) is 2.35. The van der Waals surface area contributed by atoms with Gasteiger partial charge in [-0.15, -0.1) is 0 Å². The molecule has 4 heteroatoms. The molecule has 94 valence electrons. The zero-order valence-corrected chi connectivity index (χ0v) is 13.2. The lowest BCUT2D eigenvalue weighted by molar-refractivity contribution is 0.722. The third-order valence-corrected chi connectivity index (χ3v) is 4.02. The van der Waals surface area contributed by atoms with E-state index in [2.05, 4.69) is 46.9 Å². The van der Waals surface area contributed by atoms with E-state index in [0.29, 0.717) is 10.0 Å². The third-order valence-electron chi connectivity index (χ3n) is 2.73. The van der Waals surface area contributed by atoms with Crippen molar-refractivity contribution < 1.29 is 0 Å². The molecule has 1 unspecified atom stereocenters. The highest BCUT2D eigenvalue weighted by atomic mass is 127. The second-order valence-corrected chi connectivity index (χ2v) is 6.19. The fraction of sp³-hybridized carbons (Fsp3) is 0.143. The summed E-state index contributed by atoms with van der Waals surface area (Å²) in [5.74, 6) is 0. The predicted molar refractivity (Wildman–Crippen MR) is 86.3 cm³/mol. The van der Waals surface area contributed by atoms with Crippen LogP contribution in [0.2, 0.25) is 10.0 Å². The molecular weight excluding hydrogens is 380 g/mol. The van der Waals surface area contributed by atoms with Crippen molar-refractivity contribution in [2.45, 2.75) is 12.5 Å². The van der Waals surface area contributed by atoms with Gasteiger partial charge in [-0.1, -0.05) is 35.3 Å². The Morgan fingerprint density at radius 2 is 1.72 bits per heavy atom. The molecule has 0 aromatic heterocycles. The molecule has 2 rings (SSSR count). The van der Waals surface area contributed by atoms with Gasteiger partial charge in [0.15, 0.2) is 0 Å². The van der Waals surface area contributed by atoms with Crippen LogP contribution in [0.4, 0.5) is 0 Å². The molecule has 0 aliphatic rings. The summed E-state index contributed by atoms with van der Waals surface area (Å²) in [6.07, 6.45) is 0.747. The topological polar surface area (TPSA) is 26.0 Å². The first-order valence-corrected chi connectivity index (χ1v) is 7.34. The molecule has 1 atom stereocenters. The maximum Gasteiger partial charge on any atom is 0.0454 e. The molecule has 0 aliphatic carbocycles. The van der Waals surface area contributed by atoms with Crippen LogP contribution < -0.4 is 5.73 Å². The van der Waals surface area contributed by atoms with Crippen molar-refractivity contribution >= 4 is 45.8 Å². The van der Waals surface area contributed by atoms with Crippen molar-refractivity contribution in [2.24, 2.45) is 5.73 Å². The molecule has 0 heterocycles. The Hall–Kier alpha value is -0.290. The van der Waals surface area contributed by atoms with Gasteiger partial charge in [0.05, 0.1) is 0 Å². The third kappa shape index (κ3) is 3.60. The van der Waals surface area contributed by atoms with E-state index in [9.17, 15) is 0 Å². The first-order valence-electron chi connectivity index (χ1n) is 5.51. The molecule has 2 N–H and O–H groups in total. The van der Waals surface area contributed by atoms with Gasteiger partial charge in [-0.25, -0.2) is 0 Å². The lowest BCUT2D eigenvalue weighted by atomic mass is 10.00. The van der Waals surface area contributed by atoms with Crippen molar-refractivity contribution in [1.82, 2.24) is 0 Å². The van der Waals surface area contributed by atoms with Crippen LogP contribution in [0.5, 0.6) is 0 Å². The van der Waals surface area contributed by atoms with Crippen LogP contribution in [0.3, 0.4) is 0 Å². The van der Waals surface area contributed by atoms with E-state index >= 15 is 0 Å². The summed E-state index contributed by atoms with van der Waals surface area (Å²) in [7, 11) is 0. The van der Waals surface area contributed by atoms with E-state index in [-0.39, 0.29) is 6.04 Å². The molecule has 0 amide bonds. The number of benzene rings is 2. The number of rotatable bonds is 3. The van der Waals surface area contributed by atoms with Gasteiger partial charge in [-0.05, 0) is 70.5 Å². The van der Waals surface area contributed by atoms with Crippen LogP contribution in [0.25, 0.3) is 0 Å². The Morgan fingerprint density at radius 3 is 2.39 bits per heavy atom. The van der Waals surface area contributed by atoms with E-state index in [1.807, 2.05) is 6.07 Å². The number of hydrogen-bond acceptors (Lipinski definition) is 1. The summed E-state index contributed by atoms with van der Waals surface area (Å²) in [6.45, 7) is 0. The Morgan fingerprint density at radius 1 is 1.06 bits per heavy atom. The fourth-order valence-electron chi connectivity index (χ4n) is 1.78. The quantitative estimate of drug-likeness (QED) is 0.744. The minimum Gasteiger partial charge on any atom is -0.324 e. The first kappa shape index (κ1) is 14.1. The van der Waals surface area contributed by atoms with Gasteiger partial charge in [-0.2, -0.15) is 0 Å². The second-order valence-electron chi connectivity index (χ2n) is 4.10. The van der Waals surface area contributed by atoms with Crippen LogP contribution >= 0.6 is 45.8 Å². The van der Waals surface area contributed by atoms with Gasteiger partial charge in [0.1, 0.15) is 0 Å². The number of nitrogens with two attached hydrogens (primary N) is 1. The van der Waals surface area contributed by atoms with E-state index in [0.717, 1.165) is 12.0 Å². The molecular formula is C14H12Cl2IN. The minimum absolute atomic E-state index is 0.142. The van der Waals surface area contributed by atoms with E-state index in [4.69, 9.17) is 28.9 Å². The van der Waals surface area contributed by atoms with Gasteiger partial charge < -0.3 is 5.73 Å². The standard InChI is InChI=1S/C14H12Cl2IN/c15-10-3-6-13(16)12(8-10)14(18)7-9-1-4-11(17)5-2-9/h1-6,8,14H,7,18H2. The van der Waals surface area contributed by atoms with Crippen molar-refractivity contribution in [1.29, 1.82) is 0 Å². The maximum absolute atomic E-state index is 6.19. The predicted octanol–water partition coefficient (Wildman–Crippen LogP) is 4.84. The highest BCUT2D eigenvalue weighted by Crippen LogP contribution is 2.27. The molecule has 1 nitrogen and oxygen atoms in total. The Kier molecular flexibility index (Phi) is 4.90. The lowest BCUT2D eigenvalue weighted by Gasteiger charge is -2.14. The second kappa shape index (κ2) is 6.24. The molecule has 0 spiro atoms. The molecule has 0 aliphatic heterocycles.